The third kappa shape index (κ3) is 6.61. The van der Waals surface area contributed by atoms with Gasteiger partial charge in [0.2, 0.25) is 0 Å². The highest BCUT2D eigenvalue weighted by Gasteiger charge is 2.34. The van der Waals surface area contributed by atoms with Crippen molar-refractivity contribution in [2.75, 3.05) is 11.9 Å². The molecule has 0 amide bonds. The third-order valence-corrected chi connectivity index (χ3v) is 4.71. The van der Waals surface area contributed by atoms with Crippen molar-refractivity contribution < 1.29 is 19.4 Å². The maximum absolute atomic E-state index is 12.5. The van der Waals surface area contributed by atoms with E-state index in [-0.39, 0.29) is 6.42 Å². The van der Waals surface area contributed by atoms with Gasteiger partial charge in [0.1, 0.15) is 0 Å². The van der Waals surface area contributed by atoms with E-state index in [0.717, 1.165) is 0 Å². The Morgan fingerprint density at radius 3 is 2.21 bits per heavy atom. The molecule has 1 unspecified atom stereocenters. The molecule has 0 spiro atoms. The third-order valence-electron chi connectivity index (χ3n) is 3.62. The molecule has 0 aliphatic rings. The van der Waals surface area contributed by atoms with Crippen LogP contribution in [-0.2, 0) is 14.3 Å². The number of hydrogen-bond donors (Lipinski definition) is 2. The Labute approximate surface area is 186 Å². The maximum atomic E-state index is 12.5. The number of anilines is 2. The first-order valence-corrected chi connectivity index (χ1v) is 9.72. The second kappa shape index (κ2) is 9.90. The number of esters is 1. The number of aliphatic carboxylic acids is 1. The van der Waals surface area contributed by atoms with Crippen molar-refractivity contribution in [3.8, 4) is 0 Å². The van der Waals surface area contributed by atoms with Crippen LogP contribution in [0.25, 0.3) is 0 Å². The van der Waals surface area contributed by atoms with Crippen molar-refractivity contribution >= 4 is 81.3 Å². The summed E-state index contributed by atoms with van der Waals surface area (Å²) in [5, 5.41) is 12.6. The minimum atomic E-state index is -1.78. The number of benzene rings is 2. The molecule has 0 aliphatic heterocycles. The van der Waals surface area contributed by atoms with E-state index < -0.39 is 28.3 Å². The zero-order valence-electron chi connectivity index (χ0n) is 14.1. The fraction of sp³-hybridized carbons (Fsp3) is 0.222. The van der Waals surface area contributed by atoms with Crippen LogP contribution in [-0.4, -0.2) is 27.4 Å². The van der Waals surface area contributed by atoms with Gasteiger partial charge in [-0.25, -0.2) is 4.79 Å². The summed E-state index contributed by atoms with van der Waals surface area (Å²) < 4.78 is 3.05. The fourth-order valence-electron chi connectivity index (χ4n) is 2.45. The lowest BCUT2D eigenvalue weighted by Crippen LogP contribution is -2.24. The van der Waals surface area contributed by atoms with Crippen LogP contribution in [0, 0.1) is 0 Å². The molecule has 10 heteroatoms. The summed E-state index contributed by atoms with van der Waals surface area (Å²) in [4.78, 5) is 23.3. The normalized spacial score (nSPS) is 12.3. The lowest BCUT2D eigenvalue weighted by molar-refractivity contribution is -0.156. The van der Waals surface area contributed by atoms with Gasteiger partial charge in [0.15, 0.2) is 10.4 Å². The maximum Gasteiger partial charge on any atom is 0.341 e. The average Bonchev–Trinajstić information content (AvgIpc) is 2.60. The molecular formula is C18H14Cl5NO4. The molecule has 0 radical (unpaired) electrons. The number of hydrogen-bond acceptors (Lipinski definition) is 4. The average molecular weight is 486 g/mol. The molecule has 5 nitrogen and oxygen atoms in total. The van der Waals surface area contributed by atoms with Gasteiger partial charge in [-0.05, 0) is 23.8 Å². The summed E-state index contributed by atoms with van der Waals surface area (Å²) in [5.41, 5.74) is 1.34. The highest BCUT2D eigenvalue weighted by atomic mass is 35.6. The molecule has 2 aromatic carbocycles. The Morgan fingerprint density at radius 1 is 1.04 bits per heavy atom. The molecule has 0 saturated heterocycles. The number of halogens is 5. The molecular weight excluding hydrogens is 471 g/mol. The monoisotopic (exact) mass is 483 g/mol. The summed E-state index contributed by atoms with van der Waals surface area (Å²) in [6, 6.07) is 11.7. The predicted molar refractivity (Wildman–Crippen MR) is 112 cm³/mol. The van der Waals surface area contributed by atoms with Gasteiger partial charge >= 0.3 is 11.9 Å². The van der Waals surface area contributed by atoms with E-state index in [9.17, 15) is 9.59 Å². The summed E-state index contributed by atoms with van der Waals surface area (Å²) in [6.45, 7) is -0.804. The van der Waals surface area contributed by atoms with Crippen molar-refractivity contribution in [2.24, 2.45) is 0 Å². The van der Waals surface area contributed by atoms with Gasteiger partial charge in [0.25, 0.3) is 0 Å². The minimum Gasteiger partial charge on any atom is -0.479 e. The molecule has 0 fully saturated rings. The number of nitrogens with one attached hydrogen (secondary N) is 1. The van der Waals surface area contributed by atoms with Gasteiger partial charge < -0.3 is 15.2 Å². The van der Waals surface area contributed by atoms with Crippen molar-refractivity contribution in [2.45, 2.75) is 16.1 Å². The minimum absolute atomic E-state index is 0.231. The molecule has 0 aliphatic carbocycles. The Balaban J connectivity index is 2.43. The number of para-hydroxylation sites is 2. The highest BCUT2D eigenvalue weighted by Crippen LogP contribution is 2.41. The second-order valence-corrected chi connectivity index (χ2v) is 9.01. The molecule has 0 bridgehead atoms. The van der Waals surface area contributed by atoms with Crippen LogP contribution in [0.5, 0.6) is 0 Å². The van der Waals surface area contributed by atoms with Crippen LogP contribution in [0.1, 0.15) is 17.9 Å². The topological polar surface area (TPSA) is 75.6 Å². The summed E-state index contributed by atoms with van der Waals surface area (Å²) in [6.07, 6.45) is -0.231. The smallest absolute Gasteiger partial charge is 0.341 e. The second-order valence-electron chi connectivity index (χ2n) is 5.68. The SMILES string of the molecule is O=C(O)COC(=O)C(CC(Cl)(Cl)Cl)c1ccccc1Nc1c(Cl)cccc1Cl. The summed E-state index contributed by atoms with van der Waals surface area (Å²) in [5.74, 6) is -3.18. The van der Waals surface area contributed by atoms with Gasteiger partial charge in [-0.15, -0.1) is 0 Å². The fourth-order valence-corrected chi connectivity index (χ4v) is 3.41. The number of ether oxygens (including phenoxy) is 1. The van der Waals surface area contributed by atoms with Gasteiger partial charge in [-0.2, -0.15) is 0 Å². The van der Waals surface area contributed by atoms with E-state index in [1.807, 2.05) is 0 Å². The van der Waals surface area contributed by atoms with Gasteiger partial charge in [-0.3, -0.25) is 4.79 Å². The Morgan fingerprint density at radius 2 is 1.64 bits per heavy atom. The number of carboxylic acids is 1. The molecule has 2 N–H and O–H groups in total. The Hall–Kier alpha value is -1.37. The van der Waals surface area contributed by atoms with Crippen molar-refractivity contribution in [3.05, 3.63) is 58.1 Å². The van der Waals surface area contributed by atoms with Crippen LogP contribution in [0.15, 0.2) is 42.5 Å². The zero-order valence-corrected chi connectivity index (χ0v) is 17.9. The van der Waals surface area contributed by atoms with E-state index in [0.29, 0.717) is 27.0 Å². The van der Waals surface area contributed by atoms with Crippen LogP contribution in [0.4, 0.5) is 11.4 Å². The van der Waals surface area contributed by atoms with Crippen molar-refractivity contribution in [3.63, 3.8) is 0 Å². The lowest BCUT2D eigenvalue weighted by Gasteiger charge is -2.23. The highest BCUT2D eigenvalue weighted by molar-refractivity contribution is 6.67. The molecule has 2 rings (SSSR count). The van der Waals surface area contributed by atoms with Crippen LogP contribution in [0.3, 0.4) is 0 Å². The van der Waals surface area contributed by atoms with E-state index in [4.69, 9.17) is 67.8 Å². The van der Waals surface area contributed by atoms with Crippen LogP contribution < -0.4 is 5.32 Å². The van der Waals surface area contributed by atoms with Gasteiger partial charge in [0, 0.05) is 12.1 Å². The summed E-state index contributed by atoms with van der Waals surface area (Å²) in [7, 11) is 0. The quantitative estimate of drug-likeness (QED) is 0.360. The van der Waals surface area contributed by atoms with Crippen LogP contribution in [0.2, 0.25) is 10.0 Å². The number of alkyl halides is 3. The first-order valence-electron chi connectivity index (χ1n) is 7.83. The molecule has 0 saturated carbocycles. The first-order chi connectivity index (χ1) is 13.1. The predicted octanol–water partition coefficient (Wildman–Crippen LogP) is 6.21. The largest absolute Gasteiger partial charge is 0.479 e. The molecule has 0 aromatic heterocycles. The zero-order chi connectivity index (χ0) is 20.9. The van der Waals surface area contributed by atoms with E-state index in [1.54, 1.807) is 42.5 Å². The van der Waals surface area contributed by atoms with Crippen molar-refractivity contribution in [1.29, 1.82) is 0 Å². The van der Waals surface area contributed by atoms with Crippen LogP contribution >= 0.6 is 58.0 Å². The first kappa shape index (κ1) is 22.9. The number of rotatable bonds is 7. The standard InChI is InChI=1S/C18H14Cl5NO4/c19-12-5-3-6-13(20)16(12)24-14-7-2-1-4-10(14)11(8-18(21,22)23)17(27)28-9-15(25)26/h1-7,11,24H,8-9H2,(H,25,26). The molecule has 1 atom stereocenters. The Bertz CT molecular complexity index is 849. The number of carboxylic acid groups (broad SMARTS) is 1. The number of carbonyl (C=O) groups excluding carboxylic acids is 1. The molecule has 2 aromatic rings. The van der Waals surface area contributed by atoms with Gasteiger partial charge in [0.05, 0.1) is 21.7 Å². The number of carbonyl (C=O) groups is 2. The molecule has 0 heterocycles. The van der Waals surface area contributed by atoms with Gasteiger partial charge in [-0.1, -0.05) is 82.3 Å². The molecule has 28 heavy (non-hydrogen) atoms. The summed E-state index contributed by atoms with van der Waals surface area (Å²) >= 11 is 30.1. The van der Waals surface area contributed by atoms with E-state index in [2.05, 4.69) is 5.32 Å². The van der Waals surface area contributed by atoms with E-state index in [1.165, 1.54) is 0 Å². The Kier molecular flexibility index (Phi) is 8.10. The van der Waals surface area contributed by atoms with Crippen molar-refractivity contribution in [1.82, 2.24) is 0 Å². The van der Waals surface area contributed by atoms with E-state index >= 15 is 0 Å². The molecule has 150 valence electrons. The lowest BCUT2D eigenvalue weighted by atomic mass is 9.94.